The first-order valence-corrected chi connectivity index (χ1v) is 8.55. The van der Waals surface area contributed by atoms with Crippen molar-refractivity contribution in [1.29, 1.82) is 0 Å². The van der Waals surface area contributed by atoms with Crippen molar-refractivity contribution in [3.05, 3.63) is 70.3 Å². The summed E-state index contributed by atoms with van der Waals surface area (Å²) in [6.07, 6.45) is -0.987. The van der Waals surface area contributed by atoms with Crippen LogP contribution in [0.2, 0.25) is 0 Å². The van der Waals surface area contributed by atoms with Gasteiger partial charge in [0.05, 0.1) is 17.4 Å². The van der Waals surface area contributed by atoms with Crippen molar-refractivity contribution in [1.82, 2.24) is 4.90 Å². The molecule has 0 radical (unpaired) electrons. The molecular weight excluding hydrogens is 334 g/mol. The molecule has 0 aromatic heterocycles. The zero-order valence-corrected chi connectivity index (χ0v) is 14.3. The Bertz CT molecular complexity index is 756. The summed E-state index contributed by atoms with van der Waals surface area (Å²) in [5.74, 6) is -0.108. The predicted octanol–water partition coefficient (Wildman–Crippen LogP) is 2.37. The summed E-state index contributed by atoms with van der Waals surface area (Å²) >= 11 is 0. The first kappa shape index (κ1) is 17.9. The number of aliphatic hydroxyl groups excluding tert-OH is 1. The van der Waals surface area contributed by atoms with Crippen LogP contribution >= 0.6 is 0 Å². The Balaban J connectivity index is 1.53. The number of para-hydroxylation sites is 1. The van der Waals surface area contributed by atoms with Crippen LogP contribution in [0.5, 0.6) is 0 Å². The minimum Gasteiger partial charge on any atom is -0.388 e. The van der Waals surface area contributed by atoms with Crippen LogP contribution in [0.3, 0.4) is 0 Å². The molecule has 0 saturated carbocycles. The van der Waals surface area contributed by atoms with Gasteiger partial charge < -0.3 is 14.9 Å². The van der Waals surface area contributed by atoms with Gasteiger partial charge in [-0.1, -0.05) is 18.2 Å². The highest BCUT2D eigenvalue weighted by Crippen LogP contribution is 2.22. The molecule has 26 heavy (non-hydrogen) atoms. The van der Waals surface area contributed by atoms with Crippen LogP contribution in [0, 0.1) is 10.1 Å². The van der Waals surface area contributed by atoms with Crippen molar-refractivity contribution in [2.75, 3.05) is 31.1 Å². The third kappa shape index (κ3) is 4.18. The lowest BCUT2D eigenvalue weighted by molar-refractivity contribution is -0.384. The molecule has 1 N–H and O–H groups in total. The van der Waals surface area contributed by atoms with Crippen molar-refractivity contribution in [2.24, 2.45) is 0 Å². The lowest BCUT2D eigenvalue weighted by Gasteiger charge is -2.36. The van der Waals surface area contributed by atoms with Crippen molar-refractivity contribution in [3.8, 4) is 0 Å². The summed E-state index contributed by atoms with van der Waals surface area (Å²) in [5, 5.41) is 20.9. The van der Waals surface area contributed by atoms with E-state index in [1.165, 1.54) is 24.3 Å². The highest BCUT2D eigenvalue weighted by Gasteiger charge is 2.23. The van der Waals surface area contributed by atoms with Crippen LogP contribution in [0.15, 0.2) is 54.6 Å². The number of nitrogens with zero attached hydrogens (tertiary/aromatic N) is 3. The van der Waals surface area contributed by atoms with Gasteiger partial charge in [-0.2, -0.15) is 0 Å². The first-order valence-electron chi connectivity index (χ1n) is 8.55. The number of rotatable bonds is 5. The number of benzene rings is 2. The molecule has 1 heterocycles. The minimum absolute atomic E-state index is 0.0247. The van der Waals surface area contributed by atoms with E-state index in [0.717, 1.165) is 18.8 Å². The number of anilines is 1. The van der Waals surface area contributed by atoms with Gasteiger partial charge in [-0.05, 0) is 29.8 Å². The first-order chi connectivity index (χ1) is 12.5. The minimum atomic E-state index is -0.963. The lowest BCUT2D eigenvalue weighted by Crippen LogP contribution is -2.49. The molecule has 2 aromatic carbocycles. The molecular formula is C19H21N3O4. The van der Waals surface area contributed by atoms with E-state index in [1.54, 1.807) is 4.90 Å². The van der Waals surface area contributed by atoms with Gasteiger partial charge in [-0.15, -0.1) is 0 Å². The van der Waals surface area contributed by atoms with Gasteiger partial charge in [0.1, 0.15) is 0 Å². The van der Waals surface area contributed by atoms with Crippen molar-refractivity contribution < 1.29 is 14.8 Å². The van der Waals surface area contributed by atoms with Crippen molar-refractivity contribution >= 4 is 17.3 Å². The van der Waals surface area contributed by atoms with Gasteiger partial charge in [0.2, 0.25) is 5.91 Å². The molecule has 0 bridgehead atoms. The smallest absolute Gasteiger partial charge is 0.269 e. The number of carbonyl (C=O) groups excluding carboxylic acids is 1. The average molecular weight is 355 g/mol. The third-order valence-corrected chi connectivity index (χ3v) is 4.61. The molecule has 1 atom stereocenters. The van der Waals surface area contributed by atoms with Gasteiger partial charge in [-0.25, -0.2) is 0 Å². The maximum Gasteiger partial charge on any atom is 0.269 e. The lowest BCUT2D eigenvalue weighted by atomic mass is 10.1. The van der Waals surface area contributed by atoms with Gasteiger partial charge in [0.25, 0.3) is 5.69 Å². The summed E-state index contributed by atoms with van der Waals surface area (Å²) in [6, 6.07) is 15.7. The van der Waals surface area contributed by atoms with E-state index in [4.69, 9.17) is 0 Å². The number of nitro groups is 1. The maximum absolute atomic E-state index is 12.4. The topological polar surface area (TPSA) is 86.9 Å². The van der Waals surface area contributed by atoms with Gasteiger partial charge >= 0.3 is 0 Å². The Morgan fingerprint density at radius 2 is 1.65 bits per heavy atom. The molecule has 1 fully saturated rings. The highest BCUT2D eigenvalue weighted by molar-refractivity contribution is 5.77. The average Bonchev–Trinajstić information content (AvgIpc) is 2.68. The number of hydrogen-bond acceptors (Lipinski definition) is 5. The molecule has 7 heteroatoms. The molecule has 2 aromatic rings. The van der Waals surface area contributed by atoms with E-state index in [9.17, 15) is 20.0 Å². The zero-order chi connectivity index (χ0) is 18.5. The molecule has 136 valence electrons. The molecule has 0 aliphatic carbocycles. The van der Waals surface area contributed by atoms with E-state index in [2.05, 4.69) is 17.0 Å². The Kier molecular flexibility index (Phi) is 5.48. The summed E-state index contributed by atoms with van der Waals surface area (Å²) in [5.41, 5.74) is 1.61. The van der Waals surface area contributed by atoms with E-state index in [-0.39, 0.29) is 18.0 Å². The largest absolute Gasteiger partial charge is 0.388 e. The Morgan fingerprint density at radius 1 is 1.04 bits per heavy atom. The van der Waals surface area contributed by atoms with Crippen LogP contribution in [-0.4, -0.2) is 47.0 Å². The second-order valence-electron chi connectivity index (χ2n) is 6.27. The Hall–Kier alpha value is -2.93. The fourth-order valence-corrected chi connectivity index (χ4v) is 3.08. The number of hydrogen-bond donors (Lipinski definition) is 1. The van der Waals surface area contributed by atoms with Crippen LogP contribution < -0.4 is 4.90 Å². The Labute approximate surface area is 151 Å². The maximum atomic E-state index is 12.4. The predicted molar refractivity (Wildman–Crippen MR) is 97.9 cm³/mol. The standard InChI is InChI=1S/C19H21N3O4/c23-18(15-6-8-17(9-7-15)22(25)26)14-19(24)21-12-10-20(11-13-21)16-4-2-1-3-5-16/h1-9,18,23H,10-14H2. The van der Waals surface area contributed by atoms with E-state index in [1.807, 2.05) is 18.2 Å². The van der Waals surface area contributed by atoms with Crippen molar-refractivity contribution in [3.63, 3.8) is 0 Å². The molecule has 7 nitrogen and oxygen atoms in total. The third-order valence-electron chi connectivity index (χ3n) is 4.61. The van der Waals surface area contributed by atoms with Gasteiger partial charge in [0, 0.05) is 44.0 Å². The number of non-ortho nitro benzene ring substituents is 1. The number of aliphatic hydroxyl groups is 1. The molecule has 1 unspecified atom stereocenters. The molecule has 1 amide bonds. The van der Waals surface area contributed by atoms with Crippen molar-refractivity contribution in [2.45, 2.75) is 12.5 Å². The molecule has 0 spiro atoms. The number of amides is 1. The Morgan fingerprint density at radius 3 is 2.23 bits per heavy atom. The fraction of sp³-hybridized carbons (Fsp3) is 0.316. The van der Waals surface area contributed by atoms with Gasteiger partial charge in [-0.3, -0.25) is 14.9 Å². The second-order valence-corrected chi connectivity index (χ2v) is 6.27. The second kappa shape index (κ2) is 7.97. The van der Waals surface area contributed by atoms with Crippen LogP contribution in [0.25, 0.3) is 0 Å². The highest BCUT2D eigenvalue weighted by atomic mass is 16.6. The molecule has 1 saturated heterocycles. The van der Waals surface area contributed by atoms with Crippen LogP contribution in [0.1, 0.15) is 18.1 Å². The normalized spacial score (nSPS) is 15.6. The quantitative estimate of drug-likeness (QED) is 0.657. The summed E-state index contributed by atoms with van der Waals surface area (Å²) in [4.78, 5) is 26.6. The number of carbonyl (C=O) groups is 1. The monoisotopic (exact) mass is 355 g/mol. The molecule has 3 rings (SSSR count). The number of nitro benzene ring substituents is 1. The van der Waals surface area contributed by atoms with Crippen LogP contribution in [0.4, 0.5) is 11.4 Å². The molecule has 1 aliphatic rings. The van der Waals surface area contributed by atoms with Gasteiger partial charge in [0.15, 0.2) is 0 Å². The summed E-state index contributed by atoms with van der Waals surface area (Å²) in [7, 11) is 0. The van der Waals surface area contributed by atoms with Crippen LogP contribution in [-0.2, 0) is 4.79 Å². The zero-order valence-electron chi connectivity index (χ0n) is 14.3. The molecule has 1 aliphatic heterocycles. The summed E-state index contributed by atoms with van der Waals surface area (Å²) < 4.78 is 0. The van der Waals surface area contributed by atoms with E-state index in [0.29, 0.717) is 18.7 Å². The number of piperazine rings is 1. The van der Waals surface area contributed by atoms with E-state index >= 15 is 0 Å². The summed E-state index contributed by atoms with van der Waals surface area (Å²) in [6.45, 7) is 2.73. The van der Waals surface area contributed by atoms with E-state index < -0.39 is 11.0 Å². The SMILES string of the molecule is O=C(CC(O)c1ccc([N+](=O)[O-])cc1)N1CCN(c2ccccc2)CC1. The fourth-order valence-electron chi connectivity index (χ4n) is 3.08.